The molecule has 2 aliphatic heterocycles. The number of nitrogens with zero attached hydrogens (tertiary/aromatic N) is 4. The molecule has 2 atom stereocenters. The Kier molecular flexibility index (Phi) is 5.65. The van der Waals surface area contributed by atoms with Gasteiger partial charge in [-0.1, -0.05) is 6.07 Å². The van der Waals surface area contributed by atoms with Crippen molar-refractivity contribution in [2.24, 2.45) is 11.8 Å². The van der Waals surface area contributed by atoms with Gasteiger partial charge in [0.05, 0.1) is 17.5 Å². The molecule has 0 saturated carbocycles. The fourth-order valence-electron chi connectivity index (χ4n) is 3.68. The van der Waals surface area contributed by atoms with Gasteiger partial charge < -0.3 is 14.9 Å². The molecule has 0 aromatic carbocycles. The number of carboxylic acid groups (broad SMARTS) is 1. The van der Waals surface area contributed by atoms with E-state index in [1.165, 1.54) is 0 Å². The lowest BCUT2D eigenvalue weighted by Crippen LogP contribution is -2.53. The molecule has 0 radical (unpaired) electrons. The average Bonchev–Trinajstić information content (AvgIpc) is 2.62. The number of aliphatic carboxylic acids is 1. The lowest BCUT2D eigenvalue weighted by Gasteiger charge is -2.39. The van der Waals surface area contributed by atoms with E-state index in [-0.39, 0.29) is 11.8 Å². The van der Waals surface area contributed by atoms with Crippen LogP contribution in [0.15, 0.2) is 24.4 Å². The molecule has 3 heterocycles. The predicted molar refractivity (Wildman–Crippen MR) is 92.8 cm³/mol. The van der Waals surface area contributed by atoms with E-state index >= 15 is 0 Å². The lowest BCUT2D eigenvalue weighted by atomic mass is 9.88. The monoisotopic (exact) mass is 346 g/mol. The predicted octanol–water partition coefficient (Wildman–Crippen LogP) is 0.378. The largest absolute Gasteiger partial charge is 0.481 e. The summed E-state index contributed by atoms with van der Waals surface area (Å²) in [5, 5.41) is 9.49. The molecule has 0 unspecified atom stereocenters. The number of rotatable bonds is 4. The maximum atomic E-state index is 12.9. The van der Waals surface area contributed by atoms with Crippen LogP contribution >= 0.6 is 0 Å². The Morgan fingerprint density at radius 3 is 2.52 bits per heavy atom. The molecule has 3 rings (SSSR count). The van der Waals surface area contributed by atoms with Gasteiger partial charge in [-0.15, -0.1) is 0 Å². The van der Waals surface area contributed by atoms with Crippen LogP contribution in [0.3, 0.4) is 0 Å². The van der Waals surface area contributed by atoms with E-state index in [0.29, 0.717) is 26.1 Å². The molecule has 1 aromatic heterocycles. The zero-order chi connectivity index (χ0) is 17.8. The normalized spacial score (nSPS) is 25.7. The van der Waals surface area contributed by atoms with Crippen LogP contribution in [0.25, 0.3) is 0 Å². The van der Waals surface area contributed by atoms with E-state index < -0.39 is 11.9 Å². The van der Waals surface area contributed by atoms with Crippen molar-refractivity contribution in [3.8, 4) is 0 Å². The number of carbonyl (C=O) groups excluding carboxylic acids is 1. The van der Waals surface area contributed by atoms with Gasteiger partial charge in [-0.3, -0.25) is 19.5 Å². The lowest BCUT2D eigenvalue weighted by molar-refractivity contribution is -0.148. The number of hydrogen-bond acceptors (Lipinski definition) is 5. The summed E-state index contributed by atoms with van der Waals surface area (Å²) in [5.41, 5.74) is 0.902. The first-order chi connectivity index (χ1) is 12.0. The molecule has 0 spiro atoms. The Labute approximate surface area is 148 Å². The number of piperazine rings is 1. The Hall–Kier alpha value is -1.99. The smallest absolute Gasteiger partial charge is 0.307 e. The number of likely N-dealkylation sites (tertiary alicyclic amines) is 1. The van der Waals surface area contributed by atoms with Crippen LogP contribution in [0, 0.1) is 11.8 Å². The molecular weight excluding hydrogens is 320 g/mol. The van der Waals surface area contributed by atoms with Crippen LogP contribution in [0.5, 0.6) is 0 Å². The molecule has 1 N–H and O–H groups in total. The highest BCUT2D eigenvalue weighted by molar-refractivity contribution is 5.80. The minimum atomic E-state index is -0.818. The van der Waals surface area contributed by atoms with Crippen molar-refractivity contribution in [3.05, 3.63) is 30.1 Å². The summed E-state index contributed by atoms with van der Waals surface area (Å²) >= 11 is 0. The van der Waals surface area contributed by atoms with Crippen molar-refractivity contribution >= 4 is 11.9 Å². The van der Waals surface area contributed by atoms with Gasteiger partial charge in [0.15, 0.2) is 0 Å². The third kappa shape index (κ3) is 4.55. The van der Waals surface area contributed by atoms with E-state index in [4.69, 9.17) is 0 Å². The molecule has 1 amide bonds. The molecule has 2 fully saturated rings. The zero-order valence-electron chi connectivity index (χ0n) is 14.7. The molecule has 7 nitrogen and oxygen atoms in total. The van der Waals surface area contributed by atoms with E-state index in [1.807, 2.05) is 23.1 Å². The van der Waals surface area contributed by atoms with Gasteiger partial charge in [0.2, 0.25) is 5.91 Å². The van der Waals surface area contributed by atoms with Gasteiger partial charge in [0.25, 0.3) is 0 Å². The second-order valence-corrected chi connectivity index (χ2v) is 7.11. The number of aromatic nitrogens is 1. The quantitative estimate of drug-likeness (QED) is 0.849. The summed E-state index contributed by atoms with van der Waals surface area (Å²) in [6.07, 6.45) is 2.17. The molecule has 0 bridgehead atoms. The summed E-state index contributed by atoms with van der Waals surface area (Å²) in [6, 6.07) is 5.72. The Morgan fingerprint density at radius 1 is 1.16 bits per heavy atom. The van der Waals surface area contributed by atoms with Crippen molar-refractivity contribution in [2.45, 2.75) is 13.0 Å². The average molecular weight is 346 g/mol. The van der Waals surface area contributed by atoms with Gasteiger partial charge in [0.1, 0.15) is 0 Å². The molecular formula is C18H26N4O3. The topological polar surface area (TPSA) is 77.0 Å². The van der Waals surface area contributed by atoms with Crippen molar-refractivity contribution in [1.29, 1.82) is 0 Å². The summed E-state index contributed by atoms with van der Waals surface area (Å²) in [4.78, 5) is 34.9. The summed E-state index contributed by atoms with van der Waals surface area (Å²) in [6.45, 7) is 4.85. The number of carbonyl (C=O) groups is 2. The molecule has 0 aliphatic carbocycles. The zero-order valence-corrected chi connectivity index (χ0v) is 14.7. The fraction of sp³-hybridized carbons (Fsp3) is 0.611. The molecule has 1 aromatic rings. The van der Waals surface area contributed by atoms with E-state index in [9.17, 15) is 14.7 Å². The molecule has 136 valence electrons. The van der Waals surface area contributed by atoms with Gasteiger partial charge in [-0.2, -0.15) is 0 Å². The first-order valence-corrected chi connectivity index (χ1v) is 8.85. The van der Waals surface area contributed by atoms with E-state index in [1.54, 1.807) is 6.20 Å². The maximum absolute atomic E-state index is 12.9. The minimum Gasteiger partial charge on any atom is -0.481 e. The molecule has 2 aliphatic rings. The third-order valence-electron chi connectivity index (χ3n) is 5.15. The summed E-state index contributed by atoms with van der Waals surface area (Å²) in [5.74, 6) is -1.46. The third-order valence-corrected chi connectivity index (χ3v) is 5.15. The van der Waals surface area contributed by atoms with Crippen LogP contribution < -0.4 is 0 Å². The number of carboxylic acids is 1. The van der Waals surface area contributed by atoms with Crippen LogP contribution in [-0.4, -0.2) is 83.0 Å². The van der Waals surface area contributed by atoms with Crippen LogP contribution in [0.1, 0.15) is 12.1 Å². The number of piperidine rings is 1. The van der Waals surface area contributed by atoms with Crippen molar-refractivity contribution in [2.75, 3.05) is 46.3 Å². The van der Waals surface area contributed by atoms with Gasteiger partial charge >= 0.3 is 5.97 Å². The number of pyridine rings is 1. The second kappa shape index (κ2) is 7.93. The summed E-state index contributed by atoms with van der Waals surface area (Å²) < 4.78 is 0. The van der Waals surface area contributed by atoms with Gasteiger partial charge in [-0.05, 0) is 25.6 Å². The minimum absolute atomic E-state index is 0.102. The SMILES string of the molecule is CN1CCN(C(=O)[C@@H]2C[C@H](C(=O)O)CN(Cc3ccccn3)C2)CC1. The van der Waals surface area contributed by atoms with Crippen molar-refractivity contribution in [1.82, 2.24) is 19.7 Å². The highest BCUT2D eigenvalue weighted by Crippen LogP contribution is 2.25. The van der Waals surface area contributed by atoms with Crippen LogP contribution in [0.2, 0.25) is 0 Å². The number of likely N-dealkylation sites (N-methyl/N-ethyl adjacent to an activating group) is 1. The first-order valence-electron chi connectivity index (χ1n) is 8.85. The highest BCUT2D eigenvalue weighted by atomic mass is 16.4. The van der Waals surface area contributed by atoms with Gasteiger partial charge in [0, 0.05) is 52.0 Å². The standard InChI is InChI=1S/C18H26N4O3/c1-20-6-8-22(9-7-20)17(23)14-10-15(18(24)25)12-21(11-14)13-16-4-2-3-5-19-16/h2-5,14-15H,6-13H2,1H3,(H,24,25)/t14-,15+/m1/s1. The van der Waals surface area contributed by atoms with Crippen molar-refractivity contribution in [3.63, 3.8) is 0 Å². The Balaban J connectivity index is 1.67. The van der Waals surface area contributed by atoms with Crippen LogP contribution in [-0.2, 0) is 16.1 Å². The second-order valence-electron chi connectivity index (χ2n) is 7.11. The van der Waals surface area contributed by atoms with Crippen LogP contribution in [0.4, 0.5) is 0 Å². The Morgan fingerprint density at radius 2 is 1.88 bits per heavy atom. The summed E-state index contributed by atoms with van der Waals surface area (Å²) in [7, 11) is 2.05. The Bertz CT molecular complexity index is 602. The number of amides is 1. The fourth-order valence-corrected chi connectivity index (χ4v) is 3.68. The van der Waals surface area contributed by atoms with E-state index in [0.717, 1.165) is 31.9 Å². The maximum Gasteiger partial charge on any atom is 0.307 e. The van der Waals surface area contributed by atoms with Crippen molar-refractivity contribution < 1.29 is 14.7 Å². The van der Waals surface area contributed by atoms with E-state index in [2.05, 4.69) is 21.8 Å². The van der Waals surface area contributed by atoms with Gasteiger partial charge in [-0.25, -0.2) is 0 Å². The number of hydrogen-bond donors (Lipinski definition) is 1. The highest BCUT2D eigenvalue weighted by Gasteiger charge is 2.37. The molecule has 25 heavy (non-hydrogen) atoms. The first kappa shape index (κ1) is 17.8. The molecule has 7 heteroatoms. The molecule has 2 saturated heterocycles.